The SMILES string of the molecule is NNOC(=O)CCOc1c(Br)cc(Br)cc1Br. The summed E-state index contributed by atoms with van der Waals surface area (Å²) in [5.74, 6) is 4.96. The Hall–Kier alpha value is -0.150. The molecular weight excluding hydrogens is 424 g/mol. The molecule has 5 nitrogen and oxygen atoms in total. The summed E-state index contributed by atoms with van der Waals surface area (Å²) in [6.07, 6.45) is 0.0964. The molecule has 0 radical (unpaired) electrons. The van der Waals surface area contributed by atoms with Crippen LogP contribution in [0.1, 0.15) is 6.42 Å². The van der Waals surface area contributed by atoms with E-state index in [4.69, 9.17) is 10.6 Å². The number of ether oxygens (including phenoxy) is 1. The maximum Gasteiger partial charge on any atom is 0.329 e. The van der Waals surface area contributed by atoms with E-state index in [1.165, 1.54) is 0 Å². The van der Waals surface area contributed by atoms with Crippen molar-refractivity contribution < 1.29 is 14.4 Å². The fourth-order valence-electron chi connectivity index (χ4n) is 1.02. The molecule has 0 amide bonds. The third kappa shape index (κ3) is 4.92. The number of halogens is 3. The maximum atomic E-state index is 11.0. The number of nitrogens with two attached hydrogens (primary N) is 1. The van der Waals surface area contributed by atoms with E-state index in [0.717, 1.165) is 13.4 Å². The fraction of sp³-hybridized carbons (Fsp3) is 0.222. The van der Waals surface area contributed by atoms with Crippen LogP contribution in [0.2, 0.25) is 0 Å². The van der Waals surface area contributed by atoms with E-state index in [9.17, 15) is 4.79 Å². The molecule has 1 aromatic carbocycles. The highest BCUT2D eigenvalue weighted by atomic mass is 79.9. The lowest BCUT2D eigenvalue weighted by Crippen LogP contribution is -2.27. The van der Waals surface area contributed by atoms with Gasteiger partial charge in [0, 0.05) is 4.47 Å². The topological polar surface area (TPSA) is 73.6 Å². The zero-order valence-corrected chi connectivity index (χ0v) is 13.3. The van der Waals surface area contributed by atoms with Gasteiger partial charge in [0.1, 0.15) is 5.75 Å². The number of carbonyl (C=O) groups is 1. The zero-order valence-electron chi connectivity index (χ0n) is 8.50. The first-order valence-electron chi connectivity index (χ1n) is 4.47. The van der Waals surface area contributed by atoms with E-state index in [1.807, 2.05) is 17.7 Å². The molecule has 0 spiro atoms. The van der Waals surface area contributed by atoms with Crippen molar-refractivity contribution in [2.45, 2.75) is 6.42 Å². The van der Waals surface area contributed by atoms with Gasteiger partial charge in [-0.15, -0.1) is 0 Å². The van der Waals surface area contributed by atoms with E-state index in [1.54, 1.807) is 0 Å². The molecule has 0 atom stereocenters. The first-order chi connectivity index (χ1) is 8.04. The van der Waals surface area contributed by atoms with E-state index < -0.39 is 5.97 Å². The lowest BCUT2D eigenvalue weighted by atomic mass is 10.3. The highest BCUT2D eigenvalue weighted by Gasteiger charge is 2.09. The Morgan fingerprint density at radius 2 is 1.88 bits per heavy atom. The largest absolute Gasteiger partial charge is 0.491 e. The average Bonchev–Trinajstić information content (AvgIpc) is 2.22. The molecule has 0 aliphatic heterocycles. The minimum absolute atomic E-state index is 0.0964. The smallest absolute Gasteiger partial charge is 0.329 e. The van der Waals surface area contributed by atoms with Gasteiger partial charge in [-0.3, -0.25) is 4.79 Å². The third-order valence-electron chi connectivity index (χ3n) is 1.69. The monoisotopic (exact) mass is 430 g/mol. The second-order valence-corrected chi connectivity index (χ2v) is 5.51. The predicted molar refractivity (Wildman–Crippen MR) is 73.1 cm³/mol. The molecule has 0 aliphatic rings. The van der Waals surface area contributed by atoms with Crippen LogP contribution in [-0.4, -0.2) is 12.6 Å². The summed E-state index contributed by atoms with van der Waals surface area (Å²) < 4.78 is 7.93. The molecule has 1 rings (SSSR count). The molecular formula is C9H9Br3N2O3. The molecule has 3 N–H and O–H groups in total. The minimum Gasteiger partial charge on any atom is -0.491 e. The fourth-order valence-corrected chi connectivity index (χ4v) is 3.51. The minimum atomic E-state index is -0.489. The second-order valence-electron chi connectivity index (χ2n) is 2.89. The van der Waals surface area contributed by atoms with Crippen molar-refractivity contribution in [1.29, 1.82) is 0 Å². The van der Waals surface area contributed by atoms with Crippen LogP contribution in [0.3, 0.4) is 0 Å². The predicted octanol–water partition coefficient (Wildman–Crippen LogP) is 2.66. The number of hydrogen-bond donors (Lipinski definition) is 2. The van der Waals surface area contributed by atoms with E-state index >= 15 is 0 Å². The Kier molecular flexibility index (Phi) is 6.42. The summed E-state index contributed by atoms with van der Waals surface area (Å²) in [5.41, 5.74) is 1.82. The molecule has 0 aromatic heterocycles. The van der Waals surface area contributed by atoms with Crippen molar-refractivity contribution >= 4 is 53.8 Å². The van der Waals surface area contributed by atoms with Crippen LogP contribution < -0.4 is 16.2 Å². The average molecular weight is 433 g/mol. The van der Waals surface area contributed by atoms with Gasteiger partial charge in [0.15, 0.2) is 0 Å². The molecule has 0 fully saturated rings. The quantitative estimate of drug-likeness (QED) is 0.553. The molecule has 17 heavy (non-hydrogen) atoms. The summed E-state index contributed by atoms with van der Waals surface area (Å²) in [7, 11) is 0. The van der Waals surface area contributed by atoms with Gasteiger partial charge in [-0.1, -0.05) is 21.5 Å². The van der Waals surface area contributed by atoms with Crippen LogP contribution in [-0.2, 0) is 9.63 Å². The van der Waals surface area contributed by atoms with Crippen LogP contribution >= 0.6 is 47.8 Å². The first-order valence-corrected chi connectivity index (χ1v) is 6.85. The molecule has 0 aliphatic carbocycles. The van der Waals surface area contributed by atoms with Gasteiger partial charge in [0.2, 0.25) is 0 Å². The summed E-state index contributed by atoms with van der Waals surface area (Å²) in [5, 5.41) is 0. The highest BCUT2D eigenvalue weighted by molar-refractivity contribution is 9.11. The number of benzene rings is 1. The number of rotatable bonds is 5. The van der Waals surface area contributed by atoms with Crippen molar-refractivity contribution in [3.05, 3.63) is 25.6 Å². The van der Waals surface area contributed by atoms with Crippen LogP contribution in [0.15, 0.2) is 25.6 Å². The van der Waals surface area contributed by atoms with Gasteiger partial charge >= 0.3 is 5.97 Å². The van der Waals surface area contributed by atoms with Gasteiger partial charge in [0.05, 0.1) is 22.0 Å². The summed E-state index contributed by atoms with van der Waals surface area (Å²) >= 11 is 10.1. The normalized spacial score (nSPS) is 10.1. The van der Waals surface area contributed by atoms with Gasteiger partial charge in [-0.25, -0.2) is 5.84 Å². The Morgan fingerprint density at radius 1 is 1.29 bits per heavy atom. The third-order valence-corrected chi connectivity index (χ3v) is 3.32. The molecule has 8 heteroatoms. The second kappa shape index (κ2) is 7.32. The lowest BCUT2D eigenvalue weighted by molar-refractivity contribution is -0.151. The zero-order chi connectivity index (χ0) is 12.8. The number of nitrogens with one attached hydrogen (secondary N) is 1. The van der Waals surface area contributed by atoms with Crippen LogP contribution in [0.5, 0.6) is 5.75 Å². The van der Waals surface area contributed by atoms with E-state index in [-0.39, 0.29) is 13.0 Å². The van der Waals surface area contributed by atoms with Gasteiger partial charge in [0.25, 0.3) is 0 Å². The van der Waals surface area contributed by atoms with Crippen LogP contribution in [0, 0.1) is 0 Å². The van der Waals surface area contributed by atoms with E-state index in [0.29, 0.717) is 5.75 Å². The number of hydrogen-bond acceptors (Lipinski definition) is 5. The van der Waals surface area contributed by atoms with Crippen LogP contribution in [0.25, 0.3) is 0 Å². The van der Waals surface area contributed by atoms with Crippen molar-refractivity contribution in [2.24, 2.45) is 5.84 Å². The summed E-state index contributed by atoms with van der Waals surface area (Å²) in [6.45, 7) is 0.194. The van der Waals surface area contributed by atoms with E-state index in [2.05, 4.69) is 52.6 Å². The molecule has 0 saturated carbocycles. The molecule has 1 aromatic rings. The number of carbonyl (C=O) groups excluding carboxylic acids is 1. The Bertz CT molecular complexity index is 391. The molecule has 0 unspecified atom stereocenters. The molecule has 0 saturated heterocycles. The number of hydrazine groups is 1. The molecule has 0 heterocycles. The van der Waals surface area contributed by atoms with Crippen molar-refractivity contribution in [1.82, 2.24) is 5.59 Å². The standard InChI is InChI=1S/C9H9Br3N2O3/c10-5-3-6(11)9(7(12)4-5)16-2-1-8(15)17-14-13/h3-4,14H,1-2,13H2. The van der Waals surface area contributed by atoms with Crippen LogP contribution in [0.4, 0.5) is 0 Å². The van der Waals surface area contributed by atoms with Gasteiger partial charge in [-0.2, -0.15) is 0 Å². The van der Waals surface area contributed by atoms with Crippen molar-refractivity contribution in [2.75, 3.05) is 6.61 Å². The summed E-state index contributed by atoms with van der Waals surface area (Å²) in [6, 6.07) is 3.69. The van der Waals surface area contributed by atoms with Gasteiger partial charge < -0.3 is 9.57 Å². The highest BCUT2D eigenvalue weighted by Crippen LogP contribution is 2.36. The molecule has 0 bridgehead atoms. The van der Waals surface area contributed by atoms with Gasteiger partial charge in [-0.05, 0) is 44.0 Å². The van der Waals surface area contributed by atoms with Crippen molar-refractivity contribution in [3.63, 3.8) is 0 Å². The van der Waals surface area contributed by atoms with Crippen molar-refractivity contribution in [3.8, 4) is 5.75 Å². The first kappa shape index (κ1) is 14.9. The molecule has 94 valence electrons. The lowest BCUT2D eigenvalue weighted by Gasteiger charge is -2.10. The summed E-state index contributed by atoms with van der Waals surface area (Å²) in [4.78, 5) is 15.3. The maximum absolute atomic E-state index is 11.0. The Balaban J connectivity index is 2.55. The Labute approximate surface area is 123 Å². The Morgan fingerprint density at radius 3 is 2.41 bits per heavy atom.